The lowest BCUT2D eigenvalue weighted by Gasteiger charge is -2.26. The molecule has 0 spiro atoms. The summed E-state index contributed by atoms with van der Waals surface area (Å²) in [4.78, 5) is 17.4. The number of rotatable bonds is 6. The molecule has 3 aromatic rings. The van der Waals surface area contributed by atoms with Crippen LogP contribution in [0.3, 0.4) is 0 Å². The first-order valence-electron chi connectivity index (χ1n) is 10.6. The molecular weight excluding hydrogens is 467 g/mol. The molecule has 0 radical (unpaired) electrons. The molecule has 0 bridgehead atoms. The summed E-state index contributed by atoms with van der Waals surface area (Å²) in [6.45, 7) is 0.863. The average Bonchev–Trinajstić information content (AvgIpc) is 3.24. The third-order valence-electron chi connectivity index (χ3n) is 5.72. The predicted molar refractivity (Wildman–Crippen MR) is 123 cm³/mol. The summed E-state index contributed by atoms with van der Waals surface area (Å²) < 4.78 is 42.9. The largest absolute Gasteiger partial charge is 0.338 e. The number of piperidine rings is 1. The molecule has 1 aromatic heterocycles. The zero-order chi connectivity index (χ0) is 23.6. The van der Waals surface area contributed by atoms with Crippen LogP contribution in [0.25, 0.3) is 0 Å². The van der Waals surface area contributed by atoms with Gasteiger partial charge in [-0.15, -0.1) is 0 Å². The summed E-state index contributed by atoms with van der Waals surface area (Å²) in [5.74, 6) is -0.349. The van der Waals surface area contributed by atoms with E-state index >= 15 is 0 Å². The Bertz CT molecular complexity index is 1250. The van der Waals surface area contributed by atoms with Crippen LogP contribution >= 0.6 is 11.6 Å². The maximum atomic E-state index is 13.5. The first kappa shape index (κ1) is 23.4. The summed E-state index contributed by atoms with van der Waals surface area (Å²) in [6, 6.07) is 9.30. The van der Waals surface area contributed by atoms with Crippen LogP contribution in [0.15, 0.2) is 59.8 Å². The molecule has 1 fully saturated rings. The summed E-state index contributed by atoms with van der Waals surface area (Å²) in [7, 11) is -2.03. The van der Waals surface area contributed by atoms with Gasteiger partial charge in [0.2, 0.25) is 10.0 Å². The number of carbonyl (C=O) groups is 1. The zero-order valence-electron chi connectivity index (χ0n) is 18.0. The minimum absolute atomic E-state index is 0.0660. The number of carbonyl (C=O) groups excluding carboxylic acids is 1. The molecule has 2 aromatic carbocycles. The normalized spacial score (nSPS) is 15.8. The molecule has 7 nitrogen and oxygen atoms in total. The molecule has 1 saturated heterocycles. The average molecular weight is 491 g/mol. The molecule has 1 aliphatic heterocycles. The van der Waals surface area contributed by atoms with E-state index in [-0.39, 0.29) is 15.5 Å². The maximum absolute atomic E-state index is 13.5. The minimum atomic E-state index is -3.82. The van der Waals surface area contributed by atoms with Gasteiger partial charge in [-0.1, -0.05) is 30.2 Å². The van der Waals surface area contributed by atoms with E-state index in [0.29, 0.717) is 24.5 Å². The Morgan fingerprint density at radius 3 is 2.45 bits per heavy atom. The minimum Gasteiger partial charge on any atom is -0.338 e. The Hall–Kier alpha value is -2.75. The second kappa shape index (κ2) is 9.62. The molecule has 0 aliphatic carbocycles. The van der Waals surface area contributed by atoms with Gasteiger partial charge in [0.25, 0.3) is 5.91 Å². The Morgan fingerprint density at radius 1 is 1.12 bits per heavy atom. The van der Waals surface area contributed by atoms with E-state index < -0.39 is 27.8 Å². The third-order valence-corrected chi connectivity index (χ3v) is 8.10. The summed E-state index contributed by atoms with van der Waals surface area (Å²) in [6.07, 6.45) is 5.91. The van der Waals surface area contributed by atoms with E-state index in [1.54, 1.807) is 36.1 Å². The van der Waals surface area contributed by atoms with Crippen LogP contribution < -0.4 is 5.32 Å². The van der Waals surface area contributed by atoms with Crippen molar-refractivity contribution in [1.82, 2.24) is 19.2 Å². The topological polar surface area (TPSA) is 84.3 Å². The fraction of sp³-hybridized carbons (Fsp3) is 0.304. The number of sulfonamides is 1. The number of aryl methyl sites for hydroxylation is 1. The number of benzene rings is 2. The van der Waals surface area contributed by atoms with Gasteiger partial charge in [0, 0.05) is 38.1 Å². The highest BCUT2D eigenvalue weighted by molar-refractivity contribution is 7.89. The standard InChI is InChI=1S/C23H24ClFN4O3S/c1-28-14-11-26-22(28)21(16-5-8-18(25)9-6-16)27-23(30)17-7-10-19(24)20(15-17)33(31,32)29-12-3-2-4-13-29/h5-11,14-15,21H,2-4,12-13H2,1H3,(H,27,30). The van der Waals surface area contributed by atoms with Crippen LogP contribution in [0.1, 0.15) is 47.1 Å². The molecule has 1 amide bonds. The van der Waals surface area contributed by atoms with Gasteiger partial charge in [-0.25, -0.2) is 17.8 Å². The van der Waals surface area contributed by atoms with E-state index in [0.717, 1.165) is 19.3 Å². The molecule has 0 saturated carbocycles. The molecule has 4 rings (SSSR count). The quantitative estimate of drug-likeness (QED) is 0.568. The lowest BCUT2D eigenvalue weighted by Crippen LogP contribution is -2.36. The summed E-state index contributed by atoms with van der Waals surface area (Å²) in [5.41, 5.74) is 0.783. The summed E-state index contributed by atoms with van der Waals surface area (Å²) >= 11 is 6.24. The Morgan fingerprint density at radius 2 is 1.82 bits per heavy atom. The van der Waals surface area contributed by atoms with E-state index in [2.05, 4.69) is 10.3 Å². The highest BCUT2D eigenvalue weighted by atomic mass is 35.5. The van der Waals surface area contributed by atoms with Crippen LogP contribution in [0, 0.1) is 5.82 Å². The Labute approximate surface area is 197 Å². The fourth-order valence-corrected chi connectivity index (χ4v) is 5.93. The number of halogens is 2. The van der Waals surface area contributed by atoms with Crippen molar-refractivity contribution < 1.29 is 17.6 Å². The van der Waals surface area contributed by atoms with Gasteiger partial charge >= 0.3 is 0 Å². The van der Waals surface area contributed by atoms with Gasteiger partial charge in [0.1, 0.15) is 22.6 Å². The first-order valence-corrected chi connectivity index (χ1v) is 12.4. The predicted octanol–water partition coefficient (Wildman–Crippen LogP) is 3.91. The van der Waals surface area contributed by atoms with Crippen molar-refractivity contribution in [2.75, 3.05) is 13.1 Å². The van der Waals surface area contributed by atoms with Crippen molar-refractivity contribution in [3.8, 4) is 0 Å². The Balaban J connectivity index is 1.66. The number of hydrogen-bond acceptors (Lipinski definition) is 4. The second-order valence-corrected chi connectivity index (χ2v) is 10.3. The molecule has 174 valence electrons. The molecule has 10 heteroatoms. The molecule has 2 heterocycles. The maximum Gasteiger partial charge on any atom is 0.252 e. The third kappa shape index (κ3) is 4.95. The van der Waals surface area contributed by atoms with E-state index in [1.165, 1.54) is 34.6 Å². The molecule has 1 aliphatic rings. The molecule has 1 unspecified atom stereocenters. The highest BCUT2D eigenvalue weighted by Gasteiger charge is 2.29. The zero-order valence-corrected chi connectivity index (χ0v) is 19.6. The number of nitrogens with zero attached hydrogens (tertiary/aromatic N) is 3. The van der Waals surface area contributed by atoms with Crippen LogP contribution in [0.4, 0.5) is 4.39 Å². The number of aromatic nitrogens is 2. The molecule has 33 heavy (non-hydrogen) atoms. The van der Waals surface area contributed by atoms with Gasteiger partial charge in [0.05, 0.1) is 5.02 Å². The first-order chi connectivity index (χ1) is 15.8. The molecule has 1 atom stereocenters. The van der Waals surface area contributed by atoms with Crippen molar-refractivity contribution in [3.05, 3.63) is 82.6 Å². The smallest absolute Gasteiger partial charge is 0.252 e. The highest BCUT2D eigenvalue weighted by Crippen LogP contribution is 2.28. The second-order valence-electron chi connectivity index (χ2n) is 7.96. The fourth-order valence-electron chi connectivity index (χ4n) is 3.91. The van der Waals surface area contributed by atoms with Gasteiger partial charge in [-0.3, -0.25) is 4.79 Å². The van der Waals surface area contributed by atoms with Crippen molar-refractivity contribution in [2.24, 2.45) is 7.05 Å². The van der Waals surface area contributed by atoms with E-state index in [9.17, 15) is 17.6 Å². The van der Waals surface area contributed by atoms with E-state index in [4.69, 9.17) is 11.6 Å². The number of imidazole rings is 1. The number of amides is 1. The van der Waals surface area contributed by atoms with E-state index in [1.807, 2.05) is 0 Å². The van der Waals surface area contributed by atoms with Crippen LogP contribution in [-0.2, 0) is 17.1 Å². The molecular formula is C23H24ClFN4O3S. The van der Waals surface area contributed by atoms with Gasteiger partial charge < -0.3 is 9.88 Å². The van der Waals surface area contributed by atoms with Gasteiger partial charge in [-0.05, 0) is 48.7 Å². The Kier molecular flexibility index (Phi) is 6.83. The van der Waals surface area contributed by atoms with Crippen LogP contribution in [0.2, 0.25) is 5.02 Å². The van der Waals surface area contributed by atoms with Crippen molar-refractivity contribution in [3.63, 3.8) is 0 Å². The van der Waals surface area contributed by atoms with Crippen molar-refractivity contribution in [2.45, 2.75) is 30.2 Å². The van der Waals surface area contributed by atoms with Crippen LogP contribution in [0.5, 0.6) is 0 Å². The van der Waals surface area contributed by atoms with Crippen molar-refractivity contribution in [1.29, 1.82) is 0 Å². The lowest BCUT2D eigenvalue weighted by atomic mass is 10.1. The van der Waals surface area contributed by atoms with Gasteiger partial charge in [0.15, 0.2) is 0 Å². The summed E-state index contributed by atoms with van der Waals surface area (Å²) in [5, 5.41) is 2.96. The van der Waals surface area contributed by atoms with Gasteiger partial charge in [-0.2, -0.15) is 4.31 Å². The number of hydrogen-bond donors (Lipinski definition) is 1. The van der Waals surface area contributed by atoms with Crippen molar-refractivity contribution >= 4 is 27.5 Å². The number of nitrogens with one attached hydrogen (secondary N) is 1. The van der Waals surface area contributed by atoms with Crippen LogP contribution in [-0.4, -0.2) is 41.3 Å². The monoisotopic (exact) mass is 490 g/mol. The lowest BCUT2D eigenvalue weighted by molar-refractivity contribution is 0.0941. The SMILES string of the molecule is Cn1ccnc1C(NC(=O)c1ccc(Cl)c(S(=O)(=O)N2CCCCC2)c1)c1ccc(F)cc1. The molecule has 1 N–H and O–H groups in total.